The Bertz CT molecular complexity index is 777. The van der Waals surface area contributed by atoms with E-state index in [0.29, 0.717) is 11.6 Å². The fourth-order valence-electron chi connectivity index (χ4n) is 2.31. The number of sulfone groups is 1. The topological polar surface area (TPSA) is 37.4 Å². The zero-order valence-electron chi connectivity index (χ0n) is 13.3. The van der Waals surface area contributed by atoms with Crippen molar-refractivity contribution in [2.75, 3.05) is 7.05 Å². The van der Waals surface area contributed by atoms with E-state index in [1.807, 2.05) is 38.2 Å². The van der Waals surface area contributed by atoms with E-state index in [1.165, 1.54) is 12.1 Å². The van der Waals surface area contributed by atoms with Crippen LogP contribution in [0, 0.1) is 0 Å². The summed E-state index contributed by atoms with van der Waals surface area (Å²) in [5.74, 6) is -3.41. The summed E-state index contributed by atoms with van der Waals surface area (Å²) in [5.41, 5.74) is 1.94. The van der Waals surface area contributed by atoms with Crippen LogP contribution in [-0.4, -0.2) is 26.1 Å². The molecule has 0 saturated heterocycles. The molecule has 130 valence electrons. The average Bonchev–Trinajstić information content (AvgIpc) is 2.55. The second-order valence-corrected chi connectivity index (χ2v) is 7.95. The molecule has 24 heavy (non-hydrogen) atoms. The molecule has 2 rings (SSSR count). The van der Waals surface area contributed by atoms with Crippen molar-refractivity contribution in [3.05, 3.63) is 64.7 Å². The molecule has 0 N–H and O–H groups in total. The SMILES string of the molecule is CC(c1ccc(Cl)cc1)N(C)Cc1ccc(S(=O)(=O)C(F)F)cc1. The number of hydrogen-bond donors (Lipinski definition) is 0. The minimum absolute atomic E-state index is 0.117. The highest BCUT2D eigenvalue weighted by molar-refractivity contribution is 7.91. The van der Waals surface area contributed by atoms with E-state index < -0.39 is 15.6 Å². The average molecular weight is 374 g/mol. The maximum Gasteiger partial charge on any atom is 0.341 e. The molecule has 0 aliphatic rings. The molecule has 0 bridgehead atoms. The molecule has 1 unspecified atom stereocenters. The summed E-state index contributed by atoms with van der Waals surface area (Å²) in [7, 11) is -2.61. The first kappa shape index (κ1) is 18.8. The minimum atomic E-state index is -4.54. The molecule has 0 aliphatic heterocycles. The van der Waals surface area contributed by atoms with Crippen LogP contribution < -0.4 is 0 Å². The van der Waals surface area contributed by atoms with Crippen molar-refractivity contribution >= 4 is 21.4 Å². The molecular weight excluding hydrogens is 356 g/mol. The van der Waals surface area contributed by atoms with Gasteiger partial charge < -0.3 is 0 Å². The third kappa shape index (κ3) is 4.32. The molecule has 0 spiro atoms. The number of rotatable bonds is 6. The van der Waals surface area contributed by atoms with Crippen molar-refractivity contribution in [3.63, 3.8) is 0 Å². The number of hydrogen-bond acceptors (Lipinski definition) is 3. The lowest BCUT2D eigenvalue weighted by Crippen LogP contribution is -2.22. The Kier molecular flexibility index (Phi) is 5.96. The van der Waals surface area contributed by atoms with E-state index in [4.69, 9.17) is 11.6 Å². The van der Waals surface area contributed by atoms with Gasteiger partial charge in [-0.15, -0.1) is 0 Å². The Hall–Kier alpha value is -1.50. The van der Waals surface area contributed by atoms with Crippen LogP contribution in [0.15, 0.2) is 53.4 Å². The standard InChI is InChI=1S/C17H18ClF2NO2S/c1-12(14-5-7-15(18)8-6-14)21(2)11-13-3-9-16(10-4-13)24(22,23)17(19)20/h3-10,12,17H,11H2,1-2H3. The van der Waals surface area contributed by atoms with E-state index in [0.717, 1.165) is 11.1 Å². The first-order chi connectivity index (χ1) is 11.2. The van der Waals surface area contributed by atoms with Gasteiger partial charge in [0.25, 0.3) is 0 Å². The third-order valence-corrected chi connectivity index (χ3v) is 5.58. The molecule has 2 aromatic carbocycles. The fourth-order valence-corrected chi connectivity index (χ4v) is 3.16. The van der Waals surface area contributed by atoms with Crippen LogP contribution in [0.2, 0.25) is 5.02 Å². The highest BCUT2D eigenvalue weighted by atomic mass is 35.5. The van der Waals surface area contributed by atoms with Crippen molar-refractivity contribution in [1.29, 1.82) is 0 Å². The largest absolute Gasteiger partial charge is 0.341 e. The molecule has 0 amide bonds. The zero-order chi connectivity index (χ0) is 17.9. The van der Waals surface area contributed by atoms with Gasteiger partial charge in [-0.05, 0) is 49.4 Å². The first-order valence-corrected chi connectivity index (χ1v) is 9.21. The van der Waals surface area contributed by atoms with Gasteiger partial charge in [-0.25, -0.2) is 8.42 Å². The maximum absolute atomic E-state index is 12.5. The Labute approximate surface area is 145 Å². The van der Waals surface area contributed by atoms with Crippen molar-refractivity contribution in [2.45, 2.75) is 30.2 Å². The molecule has 0 aliphatic carbocycles. The monoisotopic (exact) mass is 373 g/mol. The van der Waals surface area contributed by atoms with Crippen LogP contribution in [-0.2, 0) is 16.4 Å². The van der Waals surface area contributed by atoms with Crippen molar-refractivity contribution < 1.29 is 17.2 Å². The van der Waals surface area contributed by atoms with Gasteiger partial charge in [0, 0.05) is 17.6 Å². The van der Waals surface area contributed by atoms with Gasteiger partial charge in [-0.2, -0.15) is 8.78 Å². The van der Waals surface area contributed by atoms with E-state index >= 15 is 0 Å². The zero-order valence-corrected chi connectivity index (χ0v) is 14.9. The summed E-state index contributed by atoms with van der Waals surface area (Å²) in [4.78, 5) is 1.70. The van der Waals surface area contributed by atoms with Gasteiger partial charge in [0.05, 0.1) is 4.90 Å². The van der Waals surface area contributed by atoms with Crippen LogP contribution >= 0.6 is 11.6 Å². The molecule has 0 fully saturated rings. The number of halogens is 3. The lowest BCUT2D eigenvalue weighted by molar-refractivity contribution is 0.234. The lowest BCUT2D eigenvalue weighted by Gasteiger charge is -2.25. The number of nitrogens with zero attached hydrogens (tertiary/aromatic N) is 1. The predicted octanol–water partition coefficient (Wildman–Crippen LogP) is 4.53. The fraction of sp³-hybridized carbons (Fsp3) is 0.294. The van der Waals surface area contributed by atoms with E-state index in [-0.39, 0.29) is 10.9 Å². The second kappa shape index (κ2) is 7.59. The highest BCUT2D eigenvalue weighted by Crippen LogP contribution is 2.23. The Balaban J connectivity index is 2.09. The quantitative estimate of drug-likeness (QED) is 0.746. The van der Waals surface area contributed by atoms with Gasteiger partial charge in [0.2, 0.25) is 9.84 Å². The van der Waals surface area contributed by atoms with Gasteiger partial charge >= 0.3 is 5.76 Å². The molecule has 0 heterocycles. The van der Waals surface area contributed by atoms with Crippen molar-refractivity contribution in [3.8, 4) is 0 Å². The summed E-state index contributed by atoms with van der Waals surface area (Å²) in [6.45, 7) is 2.59. The smallest absolute Gasteiger partial charge is 0.295 e. The molecule has 2 aromatic rings. The lowest BCUT2D eigenvalue weighted by atomic mass is 10.1. The first-order valence-electron chi connectivity index (χ1n) is 7.28. The number of benzene rings is 2. The molecule has 3 nitrogen and oxygen atoms in total. The van der Waals surface area contributed by atoms with Gasteiger partial charge in [-0.3, -0.25) is 4.90 Å². The summed E-state index contributed by atoms with van der Waals surface area (Å²) < 4.78 is 47.9. The summed E-state index contributed by atoms with van der Waals surface area (Å²) in [5, 5.41) is 0.671. The molecule has 0 aromatic heterocycles. The van der Waals surface area contributed by atoms with E-state index in [2.05, 4.69) is 4.90 Å². The molecule has 0 radical (unpaired) electrons. The molecular formula is C17H18ClF2NO2S. The number of alkyl halides is 2. The van der Waals surface area contributed by atoms with Crippen LogP contribution in [0.3, 0.4) is 0 Å². The minimum Gasteiger partial charge on any atom is -0.295 e. The Morgan fingerprint density at radius 3 is 2.08 bits per heavy atom. The summed E-state index contributed by atoms with van der Waals surface area (Å²) >= 11 is 5.88. The Morgan fingerprint density at radius 1 is 1.04 bits per heavy atom. The molecule has 7 heteroatoms. The third-order valence-electron chi connectivity index (χ3n) is 3.93. The summed E-state index contributed by atoms with van der Waals surface area (Å²) in [6.07, 6.45) is 0. The van der Waals surface area contributed by atoms with Crippen LogP contribution in [0.4, 0.5) is 8.78 Å². The maximum atomic E-state index is 12.5. The van der Waals surface area contributed by atoms with Crippen molar-refractivity contribution in [1.82, 2.24) is 4.90 Å². The van der Waals surface area contributed by atoms with E-state index in [1.54, 1.807) is 12.1 Å². The molecule has 0 saturated carbocycles. The predicted molar refractivity (Wildman–Crippen MR) is 91.0 cm³/mol. The van der Waals surface area contributed by atoms with Crippen LogP contribution in [0.5, 0.6) is 0 Å². The Morgan fingerprint density at radius 2 is 1.58 bits per heavy atom. The summed E-state index contributed by atoms with van der Waals surface area (Å²) in [6, 6.07) is 13.2. The molecule has 1 atom stereocenters. The normalized spacial score (nSPS) is 13.5. The van der Waals surface area contributed by atoms with Crippen molar-refractivity contribution in [2.24, 2.45) is 0 Å². The second-order valence-electron chi connectivity index (χ2n) is 5.59. The van der Waals surface area contributed by atoms with Gasteiger partial charge in [0.15, 0.2) is 0 Å². The van der Waals surface area contributed by atoms with Gasteiger partial charge in [0.1, 0.15) is 0 Å². The van der Waals surface area contributed by atoms with Crippen LogP contribution in [0.1, 0.15) is 24.1 Å². The highest BCUT2D eigenvalue weighted by Gasteiger charge is 2.26. The van der Waals surface area contributed by atoms with E-state index in [9.17, 15) is 17.2 Å². The van der Waals surface area contributed by atoms with Gasteiger partial charge in [-0.1, -0.05) is 35.9 Å². The van der Waals surface area contributed by atoms with Crippen LogP contribution in [0.25, 0.3) is 0 Å².